The van der Waals surface area contributed by atoms with Crippen LogP contribution in [0.2, 0.25) is 0 Å². The third kappa shape index (κ3) is 2.71. The Balaban J connectivity index is 5.28. The topological polar surface area (TPSA) is 18.5 Å². The van der Waals surface area contributed by atoms with E-state index in [1.54, 1.807) is 0 Å². The number of ether oxygens (including phenoxy) is 2. The first-order valence-corrected chi connectivity index (χ1v) is 3.59. The molecule has 0 aliphatic heterocycles. The van der Waals surface area contributed by atoms with E-state index in [0.29, 0.717) is 0 Å². The lowest BCUT2D eigenvalue weighted by molar-refractivity contribution is -0.472. The average Bonchev–Trinajstić information content (AvgIpc) is 1.99. The summed E-state index contributed by atoms with van der Waals surface area (Å²) in [6.45, 7) is -2.30. The minimum absolute atomic E-state index is 0.897. The number of hydrogen-bond acceptors (Lipinski definition) is 2. The lowest BCUT2D eigenvalue weighted by Crippen LogP contribution is -2.60. The molecule has 2 nitrogen and oxygen atoms in total. The molecule has 0 aromatic heterocycles. The van der Waals surface area contributed by atoms with E-state index in [1.807, 2.05) is 0 Å². The minimum atomic E-state index is -5.91. The Bertz CT molecular complexity index is 175. The van der Waals surface area contributed by atoms with Crippen molar-refractivity contribution in [1.82, 2.24) is 0 Å². The van der Waals surface area contributed by atoms with Crippen LogP contribution >= 0.6 is 0 Å². The molecule has 0 amide bonds. The second-order valence-corrected chi connectivity index (χ2v) is 2.30. The molecule has 0 rings (SSSR count). The predicted octanol–water partition coefficient (Wildman–Crippen LogP) is 2.79. The Morgan fingerprint density at radius 1 is 0.867 bits per heavy atom. The van der Waals surface area contributed by atoms with Gasteiger partial charge in [0.15, 0.2) is 6.86 Å². The quantitative estimate of drug-likeness (QED) is 0.559. The van der Waals surface area contributed by atoms with Gasteiger partial charge in [-0.25, -0.2) is 4.39 Å². The number of halogens is 7. The SMILES string of the molecule is CCOC(OCF)(C(F)(F)F)C(F)(F)F. The van der Waals surface area contributed by atoms with Crippen LogP contribution in [0.4, 0.5) is 30.7 Å². The maximum Gasteiger partial charge on any atom is 0.453 e. The molecular formula is C6H7F7O2. The minimum Gasteiger partial charge on any atom is -0.336 e. The van der Waals surface area contributed by atoms with Crippen molar-refractivity contribution in [2.45, 2.75) is 25.1 Å². The molecule has 9 heteroatoms. The van der Waals surface area contributed by atoms with Crippen molar-refractivity contribution in [3.63, 3.8) is 0 Å². The Kier molecular flexibility index (Phi) is 4.35. The second-order valence-electron chi connectivity index (χ2n) is 2.30. The highest BCUT2D eigenvalue weighted by Crippen LogP contribution is 2.46. The number of hydrogen-bond donors (Lipinski definition) is 0. The number of rotatable bonds is 4. The molecule has 0 fully saturated rings. The van der Waals surface area contributed by atoms with Gasteiger partial charge < -0.3 is 9.47 Å². The summed E-state index contributed by atoms with van der Waals surface area (Å²) in [6, 6.07) is 0. The lowest BCUT2D eigenvalue weighted by atomic mass is 10.2. The smallest absolute Gasteiger partial charge is 0.336 e. The van der Waals surface area contributed by atoms with E-state index in [4.69, 9.17) is 0 Å². The van der Waals surface area contributed by atoms with Crippen LogP contribution in [-0.4, -0.2) is 31.6 Å². The van der Waals surface area contributed by atoms with Crippen molar-refractivity contribution in [3.8, 4) is 0 Å². The van der Waals surface area contributed by atoms with Gasteiger partial charge in [0, 0.05) is 6.61 Å². The Labute approximate surface area is 79.9 Å². The fraction of sp³-hybridized carbons (Fsp3) is 1.00. The van der Waals surface area contributed by atoms with Crippen LogP contribution < -0.4 is 0 Å². The third-order valence-corrected chi connectivity index (χ3v) is 1.35. The van der Waals surface area contributed by atoms with Gasteiger partial charge >= 0.3 is 18.1 Å². The van der Waals surface area contributed by atoms with Gasteiger partial charge in [0.1, 0.15) is 0 Å². The highest BCUT2D eigenvalue weighted by atomic mass is 19.4. The zero-order valence-electron chi connectivity index (χ0n) is 7.38. The van der Waals surface area contributed by atoms with Crippen LogP contribution in [-0.2, 0) is 9.47 Å². The van der Waals surface area contributed by atoms with Crippen LogP contribution in [0.1, 0.15) is 6.92 Å². The molecule has 92 valence electrons. The molecule has 15 heavy (non-hydrogen) atoms. The summed E-state index contributed by atoms with van der Waals surface area (Å²) in [5.41, 5.74) is 0. The molecule has 0 N–H and O–H groups in total. The number of alkyl halides is 7. The highest BCUT2D eigenvalue weighted by molar-refractivity contribution is 4.87. The van der Waals surface area contributed by atoms with E-state index in [0.717, 1.165) is 6.92 Å². The standard InChI is InChI=1S/C6H7F7O2/c1-2-14-4(15-3-7,5(8,9)10)6(11,12)13/h2-3H2,1H3. The Morgan fingerprint density at radius 3 is 1.47 bits per heavy atom. The van der Waals surface area contributed by atoms with Gasteiger partial charge in [-0.3, -0.25) is 0 Å². The molecule has 0 aromatic rings. The van der Waals surface area contributed by atoms with E-state index < -0.39 is 31.6 Å². The molecule has 0 aromatic carbocycles. The summed E-state index contributed by atoms with van der Waals surface area (Å²) in [6.07, 6.45) is -11.8. The van der Waals surface area contributed by atoms with Gasteiger partial charge in [0.2, 0.25) is 0 Å². The second kappa shape index (κ2) is 4.52. The molecule has 0 saturated carbocycles. The average molecular weight is 244 g/mol. The highest BCUT2D eigenvalue weighted by Gasteiger charge is 2.74. The third-order valence-electron chi connectivity index (χ3n) is 1.35. The molecule has 0 spiro atoms. The summed E-state index contributed by atoms with van der Waals surface area (Å²) in [5, 5.41) is 0. The van der Waals surface area contributed by atoms with Crippen LogP contribution in [0, 0.1) is 0 Å². The van der Waals surface area contributed by atoms with E-state index in [2.05, 4.69) is 9.47 Å². The van der Waals surface area contributed by atoms with Crippen molar-refractivity contribution >= 4 is 0 Å². The van der Waals surface area contributed by atoms with Crippen LogP contribution in [0.5, 0.6) is 0 Å². The maximum atomic E-state index is 12.1. The van der Waals surface area contributed by atoms with Crippen molar-refractivity contribution in [1.29, 1.82) is 0 Å². The fourth-order valence-electron chi connectivity index (χ4n) is 0.810. The van der Waals surface area contributed by atoms with Crippen LogP contribution in [0.3, 0.4) is 0 Å². The van der Waals surface area contributed by atoms with Gasteiger partial charge in [-0.2, -0.15) is 26.3 Å². The van der Waals surface area contributed by atoms with Gasteiger partial charge in [-0.1, -0.05) is 0 Å². The molecule has 0 saturated heterocycles. The summed E-state index contributed by atoms with van der Waals surface area (Å²) >= 11 is 0. The van der Waals surface area contributed by atoms with E-state index in [9.17, 15) is 30.7 Å². The molecular weight excluding hydrogens is 237 g/mol. The van der Waals surface area contributed by atoms with Crippen molar-refractivity contribution in [2.24, 2.45) is 0 Å². The zero-order valence-corrected chi connectivity index (χ0v) is 7.38. The monoisotopic (exact) mass is 244 g/mol. The molecule has 0 atom stereocenters. The summed E-state index contributed by atoms with van der Waals surface area (Å²) in [5.74, 6) is -4.90. The van der Waals surface area contributed by atoms with Crippen molar-refractivity contribution < 1.29 is 40.2 Å². The first-order valence-electron chi connectivity index (χ1n) is 3.59. The van der Waals surface area contributed by atoms with E-state index >= 15 is 0 Å². The molecule has 0 aliphatic rings. The summed E-state index contributed by atoms with van der Waals surface area (Å²) < 4.78 is 90.8. The summed E-state index contributed by atoms with van der Waals surface area (Å²) in [7, 11) is 0. The van der Waals surface area contributed by atoms with Crippen molar-refractivity contribution in [2.75, 3.05) is 13.5 Å². The normalized spacial score (nSPS) is 14.4. The van der Waals surface area contributed by atoms with Crippen molar-refractivity contribution in [3.05, 3.63) is 0 Å². The fourth-order valence-corrected chi connectivity index (χ4v) is 0.810. The van der Waals surface area contributed by atoms with Crippen LogP contribution in [0.25, 0.3) is 0 Å². The van der Waals surface area contributed by atoms with Gasteiger partial charge in [-0.05, 0) is 6.92 Å². The maximum absolute atomic E-state index is 12.1. The summed E-state index contributed by atoms with van der Waals surface area (Å²) in [4.78, 5) is 0. The van der Waals surface area contributed by atoms with E-state index in [-0.39, 0.29) is 0 Å². The molecule has 0 heterocycles. The zero-order chi connectivity index (χ0) is 12.3. The predicted molar refractivity (Wildman–Crippen MR) is 33.5 cm³/mol. The van der Waals surface area contributed by atoms with Gasteiger partial charge in [0.05, 0.1) is 0 Å². The van der Waals surface area contributed by atoms with Crippen LogP contribution in [0.15, 0.2) is 0 Å². The molecule has 0 bridgehead atoms. The molecule has 0 aliphatic carbocycles. The first kappa shape index (κ1) is 14.4. The Morgan fingerprint density at radius 2 is 1.27 bits per heavy atom. The lowest BCUT2D eigenvalue weighted by Gasteiger charge is -2.34. The van der Waals surface area contributed by atoms with E-state index in [1.165, 1.54) is 0 Å². The molecule has 0 radical (unpaired) electrons. The largest absolute Gasteiger partial charge is 0.453 e. The molecule has 0 unspecified atom stereocenters. The Hall–Kier alpha value is -0.570. The van der Waals surface area contributed by atoms with Gasteiger partial charge in [-0.15, -0.1) is 0 Å². The first-order chi connectivity index (χ1) is 6.62. The van der Waals surface area contributed by atoms with Gasteiger partial charge in [0.25, 0.3) is 0 Å².